The molecule has 1 aromatic carbocycles. The van der Waals surface area contributed by atoms with Gasteiger partial charge in [0, 0.05) is 25.9 Å². The maximum Gasteiger partial charge on any atom is 0.241 e. The van der Waals surface area contributed by atoms with Crippen LogP contribution in [0.15, 0.2) is 30.6 Å². The van der Waals surface area contributed by atoms with Crippen LogP contribution in [0.4, 0.5) is 14.5 Å². The fraction of sp³-hybridized carbons (Fsp3) is 0.231. The standard InChI is InChI=1S/C13H14F2N4O/c1-16-13(20)8-19-7-12(6-18-19)17-5-9-2-10(14)4-11(15)3-9/h2-4,6-7,17H,5,8H2,1H3,(H,16,20). The van der Waals surface area contributed by atoms with Crippen molar-refractivity contribution in [2.24, 2.45) is 0 Å². The third-order valence-electron chi connectivity index (χ3n) is 2.64. The lowest BCUT2D eigenvalue weighted by molar-refractivity contribution is -0.121. The zero-order chi connectivity index (χ0) is 14.5. The van der Waals surface area contributed by atoms with E-state index in [0.717, 1.165) is 6.07 Å². The van der Waals surface area contributed by atoms with E-state index < -0.39 is 11.6 Å². The molecule has 0 saturated carbocycles. The number of halogens is 2. The molecule has 2 aromatic rings. The average molecular weight is 280 g/mol. The van der Waals surface area contributed by atoms with Gasteiger partial charge in [-0.1, -0.05) is 0 Å². The summed E-state index contributed by atoms with van der Waals surface area (Å²) in [6.07, 6.45) is 3.18. The average Bonchev–Trinajstić information content (AvgIpc) is 2.83. The highest BCUT2D eigenvalue weighted by Crippen LogP contribution is 2.11. The summed E-state index contributed by atoms with van der Waals surface area (Å²) >= 11 is 0. The van der Waals surface area contributed by atoms with Crippen LogP contribution < -0.4 is 10.6 Å². The largest absolute Gasteiger partial charge is 0.378 e. The van der Waals surface area contributed by atoms with Gasteiger partial charge in [0.05, 0.1) is 11.9 Å². The van der Waals surface area contributed by atoms with Crippen molar-refractivity contribution >= 4 is 11.6 Å². The van der Waals surface area contributed by atoms with E-state index in [2.05, 4.69) is 15.7 Å². The zero-order valence-electron chi connectivity index (χ0n) is 10.9. The molecule has 1 heterocycles. The Labute approximate surface area is 114 Å². The van der Waals surface area contributed by atoms with Crippen LogP contribution in [-0.2, 0) is 17.9 Å². The van der Waals surface area contributed by atoms with E-state index in [1.54, 1.807) is 19.4 Å². The number of amides is 1. The Balaban J connectivity index is 1.95. The number of aromatic nitrogens is 2. The quantitative estimate of drug-likeness (QED) is 0.873. The number of nitrogens with one attached hydrogen (secondary N) is 2. The Morgan fingerprint density at radius 1 is 1.30 bits per heavy atom. The highest BCUT2D eigenvalue weighted by molar-refractivity contribution is 5.75. The maximum atomic E-state index is 13.0. The van der Waals surface area contributed by atoms with Crippen molar-refractivity contribution in [3.05, 3.63) is 47.8 Å². The van der Waals surface area contributed by atoms with Gasteiger partial charge < -0.3 is 10.6 Å². The second kappa shape index (κ2) is 6.14. The lowest BCUT2D eigenvalue weighted by atomic mass is 10.2. The molecular weight excluding hydrogens is 266 g/mol. The van der Waals surface area contributed by atoms with E-state index >= 15 is 0 Å². The second-order valence-electron chi connectivity index (χ2n) is 4.23. The Hall–Kier alpha value is -2.44. The minimum absolute atomic E-state index is 0.118. The Morgan fingerprint density at radius 2 is 2.00 bits per heavy atom. The van der Waals surface area contributed by atoms with Gasteiger partial charge in [0.25, 0.3) is 0 Å². The SMILES string of the molecule is CNC(=O)Cn1cc(NCc2cc(F)cc(F)c2)cn1. The van der Waals surface area contributed by atoms with Crippen LogP contribution in [-0.4, -0.2) is 22.7 Å². The molecule has 5 nitrogen and oxygen atoms in total. The first-order valence-electron chi connectivity index (χ1n) is 5.98. The van der Waals surface area contributed by atoms with Crippen molar-refractivity contribution in [3.8, 4) is 0 Å². The Bertz CT molecular complexity index is 592. The predicted octanol–water partition coefficient (Wildman–Crippen LogP) is 1.52. The molecule has 0 unspecified atom stereocenters. The molecule has 0 fully saturated rings. The zero-order valence-corrected chi connectivity index (χ0v) is 10.9. The summed E-state index contributed by atoms with van der Waals surface area (Å²) in [6.45, 7) is 0.382. The number of benzene rings is 1. The lowest BCUT2D eigenvalue weighted by Crippen LogP contribution is -2.23. The molecule has 0 aliphatic rings. The highest BCUT2D eigenvalue weighted by atomic mass is 19.1. The van der Waals surface area contributed by atoms with E-state index in [4.69, 9.17) is 0 Å². The van der Waals surface area contributed by atoms with Crippen LogP contribution in [0.3, 0.4) is 0 Å². The van der Waals surface area contributed by atoms with Crippen LogP contribution in [0.5, 0.6) is 0 Å². The molecule has 0 aliphatic carbocycles. The molecule has 0 radical (unpaired) electrons. The van der Waals surface area contributed by atoms with Gasteiger partial charge in [-0.2, -0.15) is 5.10 Å². The van der Waals surface area contributed by atoms with E-state index in [9.17, 15) is 13.6 Å². The molecule has 20 heavy (non-hydrogen) atoms. The van der Waals surface area contributed by atoms with Crippen LogP contribution in [0.1, 0.15) is 5.56 Å². The molecule has 7 heteroatoms. The van der Waals surface area contributed by atoms with Crippen molar-refractivity contribution in [2.45, 2.75) is 13.1 Å². The Kier molecular flexibility index (Phi) is 4.29. The van der Waals surface area contributed by atoms with Crippen molar-refractivity contribution < 1.29 is 13.6 Å². The first-order chi connectivity index (χ1) is 9.56. The van der Waals surface area contributed by atoms with Gasteiger partial charge in [0.1, 0.15) is 18.2 Å². The molecule has 2 N–H and O–H groups in total. The molecule has 0 bridgehead atoms. The fourth-order valence-corrected chi connectivity index (χ4v) is 1.68. The van der Waals surface area contributed by atoms with Crippen LogP contribution in [0.25, 0.3) is 0 Å². The predicted molar refractivity (Wildman–Crippen MR) is 70.0 cm³/mol. The van der Waals surface area contributed by atoms with Crippen LogP contribution in [0, 0.1) is 11.6 Å². The Morgan fingerprint density at radius 3 is 2.65 bits per heavy atom. The van der Waals surface area contributed by atoms with Crippen molar-refractivity contribution in [1.29, 1.82) is 0 Å². The summed E-state index contributed by atoms with van der Waals surface area (Å²) in [5, 5.41) is 9.46. The topological polar surface area (TPSA) is 59.0 Å². The summed E-state index contributed by atoms with van der Waals surface area (Å²) in [7, 11) is 1.55. The molecule has 0 atom stereocenters. The summed E-state index contributed by atoms with van der Waals surface area (Å²) in [6, 6.07) is 3.33. The number of anilines is 1. The minimum atomic E-state index is -0.614. The van der Waals surface area contributed by atoms with Gasteiger partial charge >= 0.3 is 0 Å². The van der Waals surface area contributed by atoms with Crippen molar-refractivity contribution in [1.82, 2.24) is 15.1 Å². The molecule has 2 rings (SSSR count). The molecule has 106 valence electrons. The monoisotopic (exact) mass is 280 g/mol. The van der Waals surface area contributed by atoms with E-state index in [0.29, 0.717) is 11.3 Å². The number of likely N-dealkylation sites (N-methyl/N-ethyl adjacent to an activating group) is 1. The number of carbonyl (C=O) groups is 1. The van der Waals surface area contributed by atoms with Crippen molar-refractivity contribution in [3.63, 3.8) is 0 Å². The van der Waals surface area contributed by atoms with Gasteiger partial charge in [-0.15, -0.1) is 0 Å². The van der Waals surface area contributed by atoms with Gasteiger partial charge in [-0.25, -0.2) is 8.78 Å². The van der Waals surface area contributed by atoms with E-state index in [-0.39, 0.29) is 19.0 Å². The fourth-order valence-electron chi connectivity index (χ4n) is 1.68. The number of rotatable bonds is 5. The van der Waals surface area contributed by atoms with E-state index in [1.165, 1.54) is 16.8 Å². The first kappa shape index (κ1) is 14.0. The van der Waals surface area contributed by atoms with Gasteiger partial charge in [-0.3, -0.25) is 9.48 Å². The summed E-state index contributed by atoms with van der Waals surface area (Å²) in [5.41, 5.74) is 1.15. The number of nitrogens with zero attached hydrogens (tertiary/aromatic N) is 2. The lowest BCUT2D eigenvalue weighted by Gasteiger charge is -2.04. The summed E-state index contributed by atoms with van der Waals surface area (Å²) < 4.78 is 27.5. The van der Waals surface area contributed by atoms with Gasteiger partial charge in [-0.05, 0) is 17.7 Å². The third kappa shape index (κ3) is 3.78. The van der Waals surface area contributed by atoms with Crippen LogP contribution in [0.2, 0.25) is 0 Å². The summed E-state index contributed by atoms with van der Waals surface area (Å²) in [4.78, 5) is 11.2. The molecule has 1 aromatic heterocycles. The number of carbonyl (C=O) groups excluding carboxylic acids is 1. The second-order valence-corrected chi connectivity index (χ2v) is 4.23. The van der Waals surface area contributed by atoms with Gasteiger partial charge in [0.2, 0.25) is 5.91 Å². The maximum absolute atomic E-state index is 13.0. The normalized spacial score (nSPS) is 10.3. The number of hydrogen-bond donors (Lipinski definition) is 2. The van der Waals surface area contributed by atoms with E-state index in [1.807, 2.05) is 0 Å². The molecule has 1 amide bonds. The third-order valence-corrected chi connectivity index (χ3v) is 2.64. The highest BCUT2D eigenvalue weighted by Gasteiger charge is 2.04. The molecular formula is C13H14F2N4O. The molecule has 0 spiro atoms. The van der Waals surface area contributed by atoms with Crippen LogP contribution >= 0.6 is 0 Å². The molecule has 0 aliphatic heterocycles. The first-order valence-corrected chi connectivity index (χ1v) is 5.98. The van der Waals surface area contributed by atoms with Crippen molar-refractivity contribution in [2.75, 3.05) is 12.4 Å². The summed E-state index contributed by atoms with van der Waals surface area (Å²) in [5.74, 6) is -1.39. The van der Waals surface area contributed by atoms with Gasteiger partial charge in [0.15, 0.2) is 0 Å². The molecule has 0 saturated heterocycles. The minimum Gasteiger partial charge on any atom is -0.378 e. The smallest absolute Gasteiger partial charge is 0.241 e. The number of hydrogen-bond acceptors (Lipinski definition) is 3.